The molecule has 2 fully saturated rings. The van der Waals surface area contributed by atoms with E-state index in [0.717, 1.165) is 54.4 Å². The number of nitrogens with one attached hydrogen (secondary N) is 2. The average molecular weight is 582 g/mol. The molecule has 2 amide bonds. The van der Waals surface area contributed by atoms with E-state index in [4.69, 9.17) is 23.2 Å². The van der Waals surface area contributed by atoms with Crippen LogP contribution in [0.5, 0.6) is 0 Å². The van der Waals surface area contributed by atoms with Gasteiger partial charge in [-0.3, -0.25) is 9.59 Å². The molecule has 6 nitrogen and oxygen atoms in total. The van der Waals surface area contributed by atoms with Crippen LogP contribution in [0, 0.1) is 6.92 Å². The molecule has 5 rings (SSSR count). The van der Waals surface area contributed by atoms with Crippen LogP contribution in [0.4, 0.5) is 0 Å². The molecular weight excluding hydrogens is 543 g/mol. The molecule has 2 aliphatic heterocycles. The lowest BCUT2D eigenvalue weighted by atomic mass is 10.1. The van der Waals surface area contributed by atoms with Gasteiger partial charge in [-0.1, -0.05) is 47.8 Å². The lowest BCUT2D eigenvalue weighted by Gasteiger charge is -2.30. The van der Waals surface area contributed by atoms with Gasteiger partial charge in [0, 0.05) is 47.8 Å². The summed E-state index contributed by atoms with van der Waals surface area (Å²) in [7, 11) is 0. The number of benzene rings is 3. The molecule has 212 valence electrons. The van der Waals surface area contributed by atoms with E-state index in [0.29, 0.717) is 35.2 Å². The number of piperidine rings is 1. The highest BCUT2D eigenvalue weighted by molar-refractivity contribution is 6.31. The molecule has 2 atom stereocenters. The molecule has 0 bridgehead atoms. The van der Waals surface area contributed by atoms with E-state index in [9.17, 15) is 9.59 Å². The van der Waals surface area contributed by atoms with Crippen LogP contribution in [-0.2, 0) is 11.3 Å². The van der Waals surface area contributed by atoms with E-state index >= 15 is 0 Å². The minimum Gasteiger partial charge on any atom is -0.350 e. The highest BCUT2D eigenvalue weighted by Crippen LogP contribution is 2.22. The van der Waals surface area contributed by atoms with E-state index in [1.54, 1.807) is 0 Å². The molecule has 0 aromatic heterocycles. The van der Waals surface area contributed by atoms with Gasteiger partial charge in [-0.25, -0.2) is 0 Å². The maximum absolute atomic E-state index is 13.8. The first-order valence-corrected chi connectivity index (χ1v) is 15.1. The molecule has 0 saturated carbocycles. The second-order valence-electron chi connectivity index (χ2n) is 11.2. The maximum atomic E-state index is 13.8. The Balaban J connectivity index is 1.26. The number of rotatable bonds is 8. The molecule has 2 aliphatic rings. The van der Waals surface area contributed by atoms with E-state index in [-0.39, 0.29) is 23.9 Å². The summed E-state index contributed by atoms with van der Waals surface area (Å²) in [5.74, 6) is 0.00186. The summed E-state index contributed by atoms with van der Waals surface area (Å²) >= 11 is 12.4. The fourth-order valence-electron chi connectivity index (χ4n) is 5.90. The topological polar surface area (TPSA) is 64.7 Å². The fourth-order valence-corrected chi connectivity index (χ4v) is 6.39. The van der Waals surface area contributed by atoms with Gasteiger partial charge in [0.05, 0.1) is 6.04 Å². The van der Waals surface area contributed by atoms with Crippen LogP contribution >= 0.6 is 23.2 Å². The van der Waals surface area contributed by atoms with Gasteiger partial charge >= 0.3 is 0 Å². The Labute approximate surface area is 247 Å². The number of likely N-dealkylation sites (tertiary alicyclic amines) is 1. The van der Waals surface area contributed by atoms with Gasteiger partial charge in [-0.05, 0) is 104 Å². The molecule has 0 radical (unpaired) electrons. The van der Waals surface area contributed by atoms with Crippen molar-refractivity contribution in [2.24, 2.45) is 0 Å². The first-order chi connectivity index (χ1) is 19.3. The zero-order valence-corrected chi connectivity index (χ0v) is 24.6. The summed E-state index contributed by atoms with van der Waals surface area (Å²) in [5, 5.41) is 10.1. The summed E-state index contributed by atoms with van der Waals surface area (Å²) in [5.41, 5.74) is 2.73. The highest BCUT2D eigenvalue weighted by Gasteiger charge is 2.31. The largest absolute Gasteiger partial charge is 0.350 e. The van der Waals surface area contributed by atoms with Crippen molar-refractivity contribution in [1.29, 1.82) is 0 Å². The van der Waals surface area contributed by atoms with Crippen molar-refractivity contribution in [1.82, 2.24) is 20.4 Å². The third-order valence-electron chi connectivity index (χ3n) is 8.03. The lowest BCUT2D eigenvalue weighted by Crippen LogP contribution is -2.50. The maximum Gasteiger partial charge on any atom is 0.251 e. The number of aryl methyl sites for hydroxylation is 1. The molecule has 2 saturated heterocycles. The molecule has 40 heavy (non-hydrogen) atoms. The zero-order valence-electron chi connectivity index (χ0n) is 23.1. The van der Waals surface area contributed by atoms with Crippen LogP contribution in [-0.4, -0.2) is 66.4 Å². The van der Waals surface area contributed by atoms with Crippen molar-refractivity contribution in [3.8, 4) is 0 Å². The third kappa shape index (κ3) is 7.55. The first kappa shape index (κ1) is 28.9. The number of halogens is 2. The van der Waals surface area contributed by atoms with Crippen molar-refractivity contribution in [2.75, 3.05) is 32.7 Å². The highest BCUT2D eigenvalue weighted by atomic mass is 35.5. The predicted octanol–water partition coefficient (Wildman–Crippen LogP) is 5.82. The van der Waals surface area contributed by atoms with Gasteiger partial charge < -0.3 is 20.4 Å². The van der Waals surface area contributed by atoms with Gasteiger partial charge in [0.25, 0.3) is 5.91 Å². The van der Waals surface area contributed by atoms with E-state index in [1.165, 1.54) is 19.3 Å². The summed E-state index contributed by atoms with van der Waals surface area (Å²) in [4.78, 5) is 31.3. The number of nitrogens with zero attached hydrogens (tertiary/aromatic N) is 2. The second-order valence-corrected chi connectivity index (χ2v) is 12.1. The van der Waals surface area contributed by atoms with Gasteiger partial charge in [0.15, 0.2) is 0 Å². The SMILES string of the molecule is Cc1cc(Cl)cc(CN2CCC(CNC(=O)c3ccc4cc(Cl)ccc4c3)NC(CCN3CCCCC3)C2=O)c1. The van der Waals surface area contributed by atoms with Gasteiger partial charge in [-0.15, -0.1) is 0 Å². The predicted molar refractivity (Wildman–Crippen MR) is 163 cm³/mol. The number of fused-ring (bicyclic) bond motifs is 1. The summed E-state index contributed by atoms with van der Waals surface area (Å²) in [6.07, 6.45) is 5.24. The minimum absolute atomic E-state index is 0.00961. The summed E-state index contributed by atoms with van der Waals surface area (Å²) in [6, 6.07) is 17.0. The van der Waals surface area contributed by atoms with Crippen LogP contribution < -0.4 is 10.6 Å². The number of amides is 2. The van der Waals surface area contributed by atoms with Gasteiger partial charge in [0.2, 0.25) is 5.91 Å². The van der Waals surface area contributed by atoms with Crippen molar-refractivity contribution in [2.45, 2.75) is 57.7 Å². The number of carbonyl (C=O) groups is 2. The monoisotopic (exact) mass is 580 g/mol. The van der Waals surface area contributed by atoms with Crippen LogP contribution in [0.3, 0.4) is 0 Å². The molecular formula is C32H38Cl2N4O2. The molecule has 3 aromatic rings. The molecule has 2 unspecified atom stereocenters. The molecule has 2 N–H and O–H groups in total. The second kappa shape index (κ2) is 13.3. The zero-order chi connectivity index (χ0) is 28.1. The average Bonchev–Trinajstić information content (AvgIpc) is 3.08. The van der Waals surface area contributed by atoms with Crippen molar-refractivity contribution in [3.05, 3.63) is 81.3 Å². The van der Waals surface area contributed by atoms with Crippen molar-refractivity contribution >= 4 is 45.8 Å². The first-order valence-electron chi connectivity index (χ1n) is 14.3. The van der Waals surface area contributed by atoms with E-state index < -0.39 is 0 Å². The van der Waals surface area contributed by atoms with Crippen LogP contribution in [0.25, 0.3) is 10.8 Å². The quantitative estimate of drug-likeness (QED) is 0.352. The van der Waals surface area contributed by atoms with Crippen molar-refractivity contribution < 1.29 is 9.59 Å². The van der Waals surface area contributed by atoms with E-state index in [2.05, 4.69) is 21.6 Å². The third-order valence-corrected chi connectivity index (χ3v) is 8.48. The van der Waals surface area contributed by atoms with Crippen LogP contribution in [0.1, 0.15) is 53.6 Å². The Morgan fingerprint density at radius 2 is 1.73 bits per heavy atom. The Morgan fingerprint density at radius 3 is 2.52 bits per heavy atom. The number of carbonyl (C=O) groups excluding carboxylic acids is 2. The molecule has 0 spiro atoms. The lowest BCUT2D eigenvalue weighted by molar-refractivity contribution is -0.133. The Bertz CT molecular complexity index is 1340. The Hall–Kier alpha value is -2.64. The van der Waals surface area contributed by atoms with E-state index in [1.807, 2.05) is 60.4 Å². The molecule has 2 heterocycles. The fraction of sp³-hybridized carbons (Fsp3) is 0.438. The summed E-state index contributed by atoms with van der Waals surface area (Å²) in [6.45, 7) is 6.72. The normalized spacial score (nSPS) is 20.5. The van der Waals surface area contributed by atoms with Crippen LogP contribution in [0.2, 0.25) is 10.0 Å². The smallest absolute Gasteiger partial charge is 0.251 e. The van der Waals surface area contributed by atoms with Crippen molar-refractivity contribution in [3.63, 3.8) is 0 Å². The molecule has 0 aliphatic carbocycles. The number of hydrogen-bond donors (Lipinski definition) is 2. The van der Waals surface area contributed by atoms with Crippen LogP contribution in [0.15, 0.2) is 54.6 Å². The van der Waals surface area contributed by atoms with Gasteiger partial charge in [-0.2, -0.15) is 0 Å². The minimum atomic E-state index is -0.294. The summed E-state index contributed by atoms with van der Waals surface area (Å²) < 4.78 is 0. The molecule has 3 aromatic carbocycles. The Morgan fingerprint density at radius 1 is 0.950 bits per heavy atom. The standard InChI is InChI=1S/C32H38Cl2N4O2/c1-22-15-23(17-28(34)16-22)21-38-14-9-29(36-30(32(38)40)10-13-37-11-3-2-4-12-37)20-35-31(39)26-6-5-25-19-27(33)8-7-24(25)18-26/h5-8,15-19,29-30,36H,2-4,9-14,20-21H2,1H3,(H,35,39). The Kier molecular flexibility index (Phi) is 9.63. The molecule has 8 heteroatoms. The number of hydrogen-bond acceptors (Lipinski definition) is 4. The van der Waals surface area contributed by atoms with Gasteiger partial charge in [0.1, 0.15) is 0 Å².